The highest BCUT2D eigenvalue weighted by Crippen LogP contribution is 1.84. The van der Waals surface area contributed by atoms with Crippen LogP contribution in [0.25, 0.3) is 0 Å². The van der Waals surface area contributed by atoms with Gasteiger partial charge in [-0.15, -0.1) is 0 Å². The Labute approximate surface area is 50.3 Å². The lowest BCUT2D eigenvalue weighted by molar-refractivity contribution is 0.634. The van der Waals surface area contributed by atoms with Crippen LogP contribution in [0.5, 0.6) is 0 Å². The zero-order valence-electron chi connectivity index (χ0n) is 4.93. The summed E-state index contributed by atoms with van der Waals surface area (Å²) in [6.45, 7) is 1.93. The van der Waals surface area contributed by atoms with Crippen LogP contribution in [-0.4, -0.2) is 24.0 Å². The minimum atomic E-state index is 0.889. The Balaban J connectivity index is 3.35. The predicted molar refractivity (Wildman–Crippen MR) is 36.3 cm³/mol. The molecule has 0 bridgehead atoms. The maximum atomic E-state index is 4.85. The SMILES string of the molecule is C[CH]C(=S)N(C)C. The fraction of sp³-hybridized carbons (Fsp3) is 0.600. The third-order valence-electron chi connectivity index (χ3n) is 0.688. The predicted octanol–water partition coefficient (Wildman–Crippen LogP) is 1.10. The number of hydrogen-bond acceptors (Lipinski definition) is 1. The Morgan fingerprint density at radius 1 is 1.57 bits per heavy atom. The molecule has 0 aliphatic rings. The van der Waals surface area contributed by atoms with E-state index in [4.69, 9.17) is 12.2 Å². The standard InChI is InChI=1S/C5H10NS/c1-4-5(7)6(2)3/h4H,1-3H3. The second-order valence-corrected chi connectivity index (χ2v) is 1.94. The van der Waals surface area contributed by atoms with Crippen molar-refractivity contribution in [1.29, 1.82) is 0 Å². The first kappa shape index (κ1) is 6.89. The molecule has 0 aromatic heterocycles. The molecule has 0 saturated heterocycles. The van der Waals surface area contributed by atoms with Crippen molar-refractivity contribution in [2.45, 2.75) is 6.92 Å². The van der Waals surface area contributed by atoms with E-state index >= 15 is 0 Å². The minimum absolute atomic E-state index is 0.889. The molecule has 0 atom stereocenters. The van der Waals surface area contributed by atoms with Crippen LogP contribution < -0.4 is 0 Å². The van der Waals surface area contributed by atoms with E-state index in [0.29, 0.717) is 0 Å². The van der Waals surface area contributed by atoms with Crippen LogP contribution in [0.4, 0.5) is 0 Å². The summed E-state index contributed by atoms with van der Waals surface area (Å²) in [5.41, 5.74) is 0. The van der Waals surface area contributed by atoms with Crippen LogP contribution in [0.3, 0.4) is 0 Å². The quantitative estimate of drug-likeness (QED) is 0.472. The molecule has 1 radical (unpaired) electrons. The van der Waals surface area contributed by atoms with Gasteiger partial charge in [0.15, 0.2) is 0 Å². The van der Waals surface area contributed by atoms with Gasteiger partial charge in [0.25, 0.3) is 0 Å². The lowest BCUT2D eigenvalue weighted by Gasteiger charge is -2.09. The van der Waals surface area contributed by atoms with Gasteiger partial charge in [0.05, 0.1) is 4.99 Å². The normalized spacial score (nSPS) is 8.43. The molecule has 2 heteroatoms. The molecule has 0 aromatic carbocycles. The lowest BCUT2D eigenvalue weighted by Crippen LogP contribution is -2.18. The summed E-state index contributed by atoms with van der Waals surface area (Å²) in [4.78, 5) is 2.79. The molecule has 0 N–H and O–H groups in total. The number of rotatable bonds is 1. The van der Waals surface area contributed by atoms with Crippen LogP contribution in [0.15, 0.2) is 0 Å². The van der Waals surface area contributed by atoms with Crippen molar-refractivity contribution < 1.29 is 0 Å². The minimum Gasteiger partial charge on any atom is -0.372 e. The van der Waals surface area contributed by atoms with E-state index in [0.717, 1.165) is 4.99 Å². The molecule has 0 fully saturated rings. The zero-order chi connectivity index (χ0) is 5.86. The Morgan fingerprint density at radius 3 is 2.00 bits per heavy atom. The summed E-state index contributed by atoms with van der Waals surface area (Å²) in [5, 5.41) is 0. The zero-order valence-corrected chi connectivity index (χ0v) is 5.75. The molecule has 1 nitrogen and oxygen atoms in total. The van der Waals surface area contributed by atoms with Crippen LogP contribution in [0.2, 0.25) is 0 Å². The molecule has 0 saturated carbocycles. The van der Waals surface area contributed by atoms with Gasteiger partial charge < -0.3 is 4.90 Å². The highest BCUT2D eigenvalue weighted by atomic mass is 32.1. The largest absolute Gasteiger partial charge is 0.372 e. The molecule has 0 aliphatic carbocycles. The maximum Gasteiger partial charge on any atom is 0.0809 e. The Bertz CT molecular complexity index is 68.5. The Morgan fingerprint density at radius 2 is 2.00 bits per heavy atom. The van der Waals surface area contributed by atoms with Crippen molar-refractivity contribution in [3.05, 3.63) is 6.42 Å². The van der Waals surface area contributed by atoms with Crippen LogP contribution in [0.1, 0.15) is 6.92 Å². The molecule has 41 valence electrons. The van der Waals surface area contributed by atoms with E-state index in [-0.39, 0.29) is 0 Å². The van der Waals surface area contributed by atoms with E-state index in [9.17, 15) is 0 Å². The first-order valence-electron chi connectivity index (χ1n) is 2.19. The summed E-state index contributed by atoms with van der Waals surface area (Å²) in [5.74, 6) is 0. The van der Waals surface area contributed by atoms with Crippen molar-refractivity contribution in [2.24, 2.45) is 0 Å². The molecular weight excluding hydrogens is 106 g/mol. The molecular formula is C5H10NS. The molecule has 0 aliphatic heterocycles. The highest BCUT2D eigenvalue weighted by molar-refractivity contribution is 7.80. The van der Waals surface area contributed by atoms with E-state index in [1.165, 1.54) is 0 Å². The van der Waals surface area contributed by atoms with Gasteiger partial charge in [-0.1, -0.05) is 19.1 Å². The topological polar surface area (TPSA) is 3.24 Å². The highest BCUT2D eigenvalue weighted by Gasteiger charge is 1.90. The second kappa shape index (κ2) is 2.97. The van der Waals surface area contributed by atoms with E-state index < -0.39 is 0 Å². The summed E-state index contributed by atoms with van der Waals surface area (Å²) in [7, 11) is 3.87. The summed E-state index contributed by atoms with van der Waals surface area (Å²) >= 11 is 4.85. The number of nitrogens with zero attached hydrogens (tertiary/aromatic N) is 1. The van der Waals surface area contributed by atoms with E-state index in [2.05, 4.69) is 0 Å². The second-order valence-electron chi connectivity index (χ2n) is 1.52. The molecule has 0 spiro atoms. The molecule has 0 aromatic rings. The van der Waals surface area contributed by atoms with Gasteiger partial charge in [-0.3, -0.25) is 0 Å². The van der Waals surface area contributed by atoms with Crippen molar-refractivity contribution in [2.75, 3.05) is 14.1 Å². The van der Waals surface area contributed by atoms with Crippen molar-refractivity contribution in [3.63, 3.8) is 0 Å². The van der Waals surface area contributed by atoms with Gasteiger partial charge >= 0.3 is 0 Å². The molecule has 0 unspecified atom stereocenters. The third kappa shape index (κ3) is 2.57. The maximum absolute atomic E-state index is 4.85. The van der Waals surface area contributed by atoms with Crippen LogP contribution >= 0.6 is 12.2 Å². The molecule has 7 heavy (non-hydrogen) atoms. The van der Waals surface area contributed by atoms with Gasteiger partial charge in [-0.25, -0.2) is 0 Å². The first-order chi connectivity index (χ1) is 3.18. The Hall–Kier alpha value is -0.110. The third-order valence-corrected chi connectivity index (χ3v) is 1.29. The fourth-order valence-corrected chi connectivity index (χ4v) is 0.258. The van der Waals surface area contributed by atoms with E-state index in [1.807, 2.05) is 32.3 Å². The van der Waals surface area contributed by atoms with Gasteiger partial charge in [0, 0.05) is 20.5 Å². The van der Waals surface area contributed by atoms with Gasteiger partial charge in [-0.05, 0) is 0 Å². The van der Waals surface area contributed by atoms with Crippen molar-refractivity contribution >= 4 is 17.2 Å². The van der Waals surface area contributed by atoms with Crippen LogP contribution in [0, 0.1) is 6.42 Å². The molecule has 0 heterocycles. The van der Waals surface area contributed by atoms with Gasteiger partial charge in [0.2, 0.25) is 0 Å². The molecule has 0 amide bonds. The monoisotopic (exact) mass is 116 g/mol. The average Bonchev–Trinajstić information content (AvgIpc) is 1.65. The summed E-state index contributed by atoms with van der Waals surface area (Å²) < 4.78 is 0. The fourth-order valence-electron chi connectivity index (χ4n) is 0.258. The van der Waals surface area contributed by atoms with Crippen molar-refractivity contribution in [1.82, 2.24) is 4.90 Å². The number of hydrogen-bond donors (Lipinski definition) is 0. The Kier molecular flexibility index (Phi) is 2.92. The first-order valence-corrected chi connectivity index (χ1v) is 2.60. The van der Waals surface area contributed by atoms with E-state index in [1.54, 1.807) is 0 Å². The lowest BCUT2D eigenvalue weighted by atomic mass is 10.5. The summed E-state index contributed by atoms with van der Waals surface area (Å²) in [6.07, 6.45) is 1.90. The average molecular weight is 116 g/mol. The number of thiocarbonyl (C=S) groups is 1. The van der Waals surface area contributed by atoms with Gasteiger partial charge in [-0.2, -0.15) is 0 Å². The molecule has 0 rings (SSSR count). The smallest absolute Gasteiger partial charge is 0.0809 e. The van der Waals surface area contributed by atoms with Gasteiger partial charge in [0.1, 0.15) is 0 Å². The summed E-state index contributed by atoms with van der Waals surface area (Å²) in [6, 6.07) is 0. The van der Waals surface area contributed by atoms with Crippen LogP contribution in [-0.2, 0) is 0 Å². The van der Waals surface area contributed by atoms with Crippen molar-refractivity contribution in [3.8, 4) is 0 Å².